The van der Waals surface area contributed by atoms with Crippen LogP contribution in [0.2, 0.25) is 0 Å². The summed E-state index contributed by atoms with van der Waals surface area (Å²) in [5.74, 6) is 0. The number of alkyl halides is 2. The molecule has 78 valence electrons. The smallest absolute Gasteiger partial charge is 0.0175 e. The molecule has 0 aromatic heterocycles. The Labute approximate surface area is 105 Å². The first-order valence-electron chi connectivity index (χ1n) is 5.18. The van der Waals surface area contributed by atoms with Gasteiger partial charge in [-0.15, -0.1) is 0 Å². The SMILES string of the molecule is BrCCCCCCCCC=CCI. The Morgan fingerprint density at radius 3 is 2.08 bits per heavy atom. The van der Waals surface area contributed by atoms with Crippen LogP contribution in [-0.4, -0.2) is 9.76 Å². The van der Waals surface area contributed by atoms with Gasteiger partial charge in [-0.05, 0) is 19.3 Å². The summed E-state index contributed by atoms with van der Waals surface area (Å²) in [5.41, 5.74) is 0. The van der Waals surface area contributed by atoms with E-state index in [4.69, 9.17) is 0 Å². The highest BCUT2D eigenvalue weighted by Crippen LogP contribution is 2.08. The van der Waals surface area contributed by atoms with Crippen LogP contribution in [0, 0.1) is 0 Å². The lowest BCUT2D eigenvalue weighted by molar-refractivity contribution is 0.614. The third-order valence-electron chi connectivity index (χ3n) is 2.01. The largest absolute Gasteiger partial charge is 0.0928 e. The van der Waals surface area contributed by atoms with Gasteiger partial charge in [0.1, 0.15) is 0 Å². The molecular formula is C11H20BrI. The molecule has 0 aliphatic rings. The third-order valence-corrected chi connectivity index (χ3v) is 3.08. The van der Waals surface area contributed by atoms with Crippen molar-refractivity contribution in [1.82, 2.24) is 0 Å². The quantitative estimate of drug-likeness (QED) is 0.233. The van der Waals surface area contributed by atoms with Crippen LogP contribution in [0.4, 0.5) is 0 Å². The van der Waals surface area contributed by atoms with Crippen molar-refractivity contribution in [3.05, 3.63) is 12.2 Å². The first kappa shape index (κ1) is 13.9. The molecule has 0 fully saturated rings. The maximum atomic E-state index is 3.45. The van der Waals surface area contributed by atoms with Crippen molar-refractivity contribution >= 4 is 38.5 Å². The van der Waals surface area contributed by atoms with E-state index in [-0.39, 0.29) is 0 Å². The van der Waals surface area contributed by atoms with E-state index in [0.29, 0.717) is 0 Å². The zero-order chi connectivity index (χ0) is 9.78. The van der Waals surface area contributed by atoms with Crippen molar-refractivity contribution in [2.45, 2.75) is 44.9 Å². The molecule has 0 saturated carbocycles. The highest BCUT2D eigenvalue weighted by atomic mass is 127. The maximum Gasteiger partial charge on any atom is 0.0175 e. The monoisotopic (exact) mass is 358 g/mol. The summed E-state index contributed by atoms with van der Waals surface area (Å²) in [7, 11) is 0. The summed E-state index contributed by atoms with van der Waals surface area (Å²) >= 11 is 5.83. The summed E-state index contributed by atoms with van der Waals surface area (Å²) in [4.78, 5) is 0. The van der Waals surface area contributed by atoms with Gasteiger partial charge in [0.25, 0.3) is 0 Å². The lowest BCUT2D eigenvalue weighted by Crippen LogP contribution is -1.80. The highest BCUT2D eigenvalue weighted by molar-refractivity contribution is 14.1. The van der Waals surface area contributed by atoms with Crippen molar-refractivity contribution in [3.63, 3.8) is 0 Å². The van der Waals surface area contributed by atoms with Crippen molar-refractivity contribution in [1.29, 1.82) is 0 Å². The average Bonchev–Trinajstić information content (AvgIpc) is 2.16. The lowest BCUT2D eigenvalue weighted by Gasteiger charge is -1.98. The Morgan fingerprint density at radius 1 is 0.846 bits per heavy atom. The van der Waals surface area contributed by atoms with Crippen LogP contribution < -0.4 is 0 Å². The molecule has 0 rings (SSSR count). The Balaban J connectivity index is 2.87. The number of hydrogen-bond acceptors (Lipinski definition) is 0. The van der Waals surface area contributed by atoms with Gasteiger partial charge in [-0.3, -0.25) is 0 Å². The van der Waals surface area contributed by atoms with Crippen molar-refractivity contribution < 1.29 is 0 Å². The second kappa shape index (κ2) is 12.9. The van der Waals surface area contributed by atoms with Gasteiger partial charge in [-0.2, -0.15) is 0 Å². The van der Waals surface area contributed by atoms with Crippen LogP contribution in [0.15, 0.2) is 12.2 Å². The van der Waals surface area contributed by atoms with Crippen molar-refractivity contribution in [2.75, 3.05) is 9.76 Å². The normalized spacial score (nSPS) is 11.2. The van der Waals surface area contributed by atoms with Crippen LogP contribution >= 0.6 is 38.5 Å². The van der Waals surface area contributed by atoms with E-state index in [9.17, 15) is 0 Å². The van der Waals surface area contributed by atoms with Crippen LogP contribution in [0.25, 0.3) is 0 Å². The Bertz CT molecular complexity index is 113. The summed E-state index contributed by atoms with van der Waals surface area (Å²) in [6.45, 7) is 0. The predicted octanol–water partition coefficient (Wildman–Crippen LogP) is 5.10. The predicted molar refractivity (Wildman–Crippen MR) is 74.1 cm³/mol. The van der Waals surface area contributed by atoms with E-state index in [1.165, 1.54) is 50.3 Å². The molecule has 0 amide bonds. The maximum absolute atomic E-state index is 3.45. The molecule has 0 spiro atoms. The van der Waals surface area contributed by atoms with Crippen molar-refractivity contribution in [2.24, 2.45) is 0 Å². The van der Waals surface area contributed by atoms with Crippen LogP contribution in [0.5, 0.6) is 0 Å². The van der Waals surface area contributed by atoms with Crippen LogP contribution in [0.3, 0.4) is 0 Å². The number of halogens is 2. The van der Waals surface area contributed by atoms with Gasteiger partial charge in [-0.25, -0.2) is 0 Å². The van der Waals surface area contributed by atoms with E-state index < -0.39 is 0 Å². The third kappa shape index (κ3) is 12.9. The van der Waals surface area contributed by atoms with E-state index in [1.54, 1.807) is 0 Å². The molecule has 0 aliphatic heterocycles. The van der Waals surface area contributed by atoms with Gasteiger partial charge in [0.05, 0.1) is 0 Å². The molecule has 0 N–H and O–H groups in total. The second-order valence-corrected chi connectivity index (χ2v) is 4.90. The number of allylic oxidation sites excluding steroid dienone is 2. The fraction of sp³-hybridized carbons (Fsp3) is 0.818. The number of unbranched alkanes of at least 4 members (excludes halogenated alkanes) is 6. The van der Waals surface area contributed by atoms with Gasteiger partial charge in [-0.1, -0.05) is 76.4 Å². The van der Waals surface area contributed by atoms with Gasteiger partial charge < -0.3 is 0 Å². The first-order valence-corrected chi connectivity index (χ1v) is 7.83. The summed E-state index contributed by atoms with van der Waals surface area (Å²) in [5, 5.41) is 1.17. The van der Waals surface area contributed by atoms with Gasteiger partial charge >= 0.3 is 0 Å². The Kier molecular flexibility index (Phi) is 13.9. The standard InChI is InChI=1S/C11H20BrI/c12-10-8-6-4-2-1-3-5-7-9-11-13/h7,9H,1-6,8,10-11H2. The summed E-state index contributed by atoms with van der Waals surface area (Å²) in [6.07, 6.45) is 14.2. The van der Waals surface area contributed by atoms with E-state index in [0.717, 1.165) is 4.43 Å². The molecule has 2 heteroatoms. The molecule has 0 radical (unpaired) electrons. The molecule has 0 unspecified atom stereocenters. The van der Waals surface area contributed by atoms with Gasteiger partial charge in [0.2, 0.25) is 0 Å². The Hall–Kier alpha value is 0.950. The Morgan fingerprint density at radius 2 is 1.46 bits per heavy atom. The van der Waals surface area contributed by atoms with E-state index in [1.807, 2.05) is 0 Å². The first-order chi connectivity index (χ1) is 6.41. The van der Waals surface area contributed by atoms with E-state index >= 15 is 0 Å². The van der Waals surface area contributed by atoms with Gasteiger partial charge in [0.15, 0.2) is 0 Å². The topological polar surface area (TPSA) is 0 Å². The molecule has 0 atom stereocenters. The molecule has 0 nitrogen and oxygen atoms in total. The molecular weight excluding hydrogens is 339 g/mol. The van der Waals surface area contributed by atoms with Crippen LogP contribution in [0.1, 0.15) is 44.9 Å². The molecule has 0 saturated heterocycles. The molecule has 13 heavy (non-hydrogen) atoms. The summed E-state index contributed by atoms with van der Waals surface area (Å²) in [6, 6.07) is 0. The molecule has 0 aromatic rings. The zero-order valence-corrected chi connectivity index (χ0v) is 12.0. The fourth-order valence-corrected chi connectivity index (χ4v) is 2.00. The second-order valence-electron chi connectivity index (χ2n) is 3.22. The molecule has 0 heterocycles. The minimum absolute atomic E-state index is 1.16. The zero-order valence-electron chi connectivity index (χ0n) is 8.27. The highest BCUT2D eigenvalue weighted by Gasteiger charge is 1.89. The molecule has 0 aliphatic carbocycles. The summed E-state index contributed by atoms with van der Waals surface area (Å²) < 4.78 is 1.16. The number of rotatable bonds is 9. The fourth-order valence-electron chi connectivity index (χ4n) is 1.24. The molecule has 0 aromatic carbocycles. The number of hydrogen-bond donors (Lipinski definition) is 0. The molecule has 0 bridgehead atoms. The van der Waals surface area contributed by atoms with E-state index in [2.05, 4.69) is 50.7 Å². The van der Waals surface area contributed by atoms with Crippen molar-refractivity contribution in [3.8, 4) is 0 Å². The van der Waals surface area contributed by atoms with Crippen LogP contribution in [-0.2, 0) is 0 Å². The minimum Gasteiger partial charge on any atom is -0.0928 e. The average molecular weight is 359 g/mol. The van der Waals surface area contributed by atoms with Gasteiger partial charge in [0, 0.05) is 9.76 Å². The minimum atomic E-state index is 1.16. The lowest BCUT2D eigenvalue weighted by atomic mass is 10.1.